The molecule has 106 valence electrons. The van der Waals surface area contributed by atoms with Crippen LogP contribution in [-0.4, -0.2) is 39.1 Å². The monoisotopic (exact) mass is 276 g/mol. The molecule has 0 aliphatic carbocycles. The van der Waals surface area contributed by atoms with Crippen molar-refractivity contribution in [3.05, 3.63) is 40.0 Å². The Balaban J connectivity index is 1.77. The van der Waals surface area contributed by atoms with Gasteiger partial charge in [0.2, 0.25) is 5.89 Å². The van der Waals surface area contributed by atoms with Gasteiger partial charge < -0.3 is 14.3 Å². The number of nitrogens with zero attached hydrogens (tertiary/aromatic N) is 2. The maximum atomic E-state index is 12.4. The first-order valence-electron chi connectivity index (χ1n) is 6.63. The molecule has 20 heavy (non-hydrogen) atoms. The van der Waals surface area contributed by atoms with Crippen LogP contribution < -0.4 is 5.76 Å². The summed E-state index contributed by atoms with van der Waals surface area (Å²) in [5, 5.41) is 6.13. The Morgan fingerprint density at radius 1 is 1.50 bits per heavy atom. The summed E-state index contributed by atoms with van der Waals surface area (Å²) in [6.07, 6.45) is 5.26. The molecule has 3 heterocycles. The van der Waals surface area contributed by atoms with Gasteiger partial charge >= 0.3 is 5.76 Å². The number of rotatable bonds is 2. The molecule has 0 spiro atoms. The molecule has 7 heteroatoms. The predicted octanol–water partition coefficient (Wildman–Crippen LogP) is 1.02. The molecule has 2 aromatic heterocycles. The van der Waals surface area contributed by atoms with Gasteiger partial charge in [0.25, 0.3) is 5.91 Å². The minimum Gasteiger partial charge on any atom is -0.392 e. The summed E-state index contributed by atoms with van der Waals surface area (Å²) in [5.74, 6) is -0.180. The van der Waals surface area contributed by atoms with Crippen molar-refractivity contribution in [3.8, 4) is 0 Å². The predicted molar refractivity (Wildman–Crippen MR) is 70.5 cm³/mol. The molecular formula is C13H16N4O3. The zero-order valence-corrected chi connectivity index (χ0v) is 11.2. The van der Waals surface area contributed by atoms with E-state index in [2.05, 4.69) is 15.2 Å². The molecule has 0 radical (unpaired) electrons. The van der Waals surface area contributed by atoms with E-state index in [1.165, 1.54) is 0 Å². The largest absolute Gasteiger partial charge is 0.434 e. The average Bonchev–Trinajstić information content (AvgIpc) is 3.07. The molecule has 1 atom stereocenters. The second-order valence-corrected chi connectivity index (χ2v) is 5.09. The summed E-state index contributed by atoms with van der Waals surface area (Å²) < 4.78 is 5.00. The van der Waals surface area contributed by atoms with Crippen molar-refractivity contribution >= 4 is 5.91 Å². The molecule has 0 bridgehead atoms. The van der Waals surface area contributed by atoms with Crippen LogP contribution in [0.15, 0.2) is 21.6 Å². The lowest BCUT2D eigenvalue weighted by Crippen LogP contribution is -2.39. The van der Waals surface area contributed by atoms with E-state index >= 15 is 0 Å². The summed E-state index contributed by atoms with van der Waals surface area (Å²) in [6, 6.07) is 0. The van der Waals surface area contributed by atoms with E-state index in [1.807, 2.05) is 6.92 Å². The number of piperidine rings is 1. The van der Waals surface area contributed by atoms with Crippen molar-refractivity contribution in [1.29, 1.82) is 0 Å². The molecule has 3 rings (SSSR count). The van der Waals surface area contributed by atoms with Gasteiger partial charge in [-0.05, 0) is 25.3 Å². The van der Waals surface area contributed by atoms with Crippen LogP contribution in [0.3, 0.4) is 0 Å². The third-order valence-electron chi connectivity index (χ3n) is 3.70. The second-order valence-electron chi connectivity index (χ2n) is 5.09. The number of hydrogen-bond acceptors (Lipinski definition) is 4. The number of likely N-dealkylation sites (tertiary alicyclic amines) is 1. The normalized spacial score (nSPS) is 19.2. The Morgan fingerprint density at radius 3 is 3.00 bits per heavy atom. The van der Waals surface area contributed by atoms with E-state index in [-0.39, 0.29) is 11.8 Å². The van der Waals surface area contributed by atoms with Gasteiger partial charge in [0, 0.05) is 25.5 Å². The van der Waals surface area contributed by atoms with Gasteiger partial charge in [-0.2, -0.15) is 0 Å². The smallest absolute Gasteiger partial charge is 0.392 e. The summed E-state index contributed by atoms with van der Waals surface area (Å²) in [7, 11) is 0. The van der Waals surface area contributed by atoms with Crippen LogP contribution in [0, 0.1) is 6.92 Å². The first-order chi connectivity index (χ1) is 9.65. The molecule has 2 N–H and O–H groups in total. The molecule has 7 nitrogen and oxygen atoms in total. The minimum atomic E-state index is -0.551. The van der Waals surface area contributed by atoms with Gasteiger partial charge in [0.1, 0.15) is 0 Å². The highest BCUT2D eigenvalue weighted by Crippen LogP contribution is 2.26. The Kier molecular flexibility index (Phi) is 3.17. The maximum Gasteiger partial charge on any atom is 0.434 e. The molecule has 0 saturated carbocycles. The molecular weight excluding hydrogens is 260 g/mol. The third-order valence-corrected chi connectivity index (χ3v) is 3.70. The quantitative estimate of drug-likeness (QED) is 0.856. The summed E-state index contributed by atoms with van der Waals surface area (Å²) >= 11 is 0. The fraction of sp³-hybridized carbons (Fsp3) is 0.462. The van der Waals surface area contributed by atoms with Crippen molar-refractivity contribution in [2.24, 2.45) is 0 Å². The number of nitrogens with one attached hydrogen (secondary N) is 2. The summed E-state index contributed by atoms with van der Waals surface area (Å²) in [5.41, 5.74) is 1.62. The van der Waals surface area contributed by atoms with Crippen molar-refractivity contribution < 1.29 is 9.21 Å². The van der Waals surface area contributed by atoms with Crippen molar-refractivity contribution in [1.82, 2.24) is 20.1 Å². The zero-order valence-electron chi connectivity index (χ0n) is 11.2. The second kappa shape index (κ2) is 4.99. The highest BCUT2D eigenvalue weighted by atomic mass is 16.4. The molecule has 2 aromatic rings. The number of carbonyl (C=O) groups is 1. The fourth-order valence-electron chi connectivity index (χ4n) is 2.62. The Hall–Kier alpha value is -2.31. The standard InChI is InChI=1S/C13H16N4O3/c1-8-5-14-6-10(8)12(18)17-4-2-3-9(7-17)11-15-16-13(19)20-11/h5-6,9,14H,2-4,7H2,1H3,(H,16,19). The zero-order chi connectivity index (χ0) is 14.1. The van der Waals surface area contributed by atoms with Crippen LogP contribution in [-0.2, 0) is 0 Å². The summed E-state index contributed by atoms with van der Waals surface area (Å²) in [6.45, 7) is 3.14. The van der Waals surface area contributed by atoms with Crippen molar-refractivity contribution in [2.75, 3.05) is 13.1 Å². The number of amides is 1. The van der Waals surface area contributed by atoms with Gasteiger partial charge in [-0.3, -0.25) is 4.79 Å². The fourth-order valence-corrected chi connectivity index (χ4v) is 2.62. The first-order valence-corrected chi connectivity index (χ1v) is 6.63. The van der Waals surface area contributed by atoms with Crippen LogP contribution in [0.1, 0.15) is 40.6 Å². The van der Waals surface area contributed by atoms with Gasteiger partial charge in [-0.15, -0.1) is 5.10 Å². The highest BCUT2D eigenvalue weighted by Gasteiger charge is 2.29. The van der Waals surface area contributed by atoms with E-state index in [4.69, 9.17) is 4.42 Å². The van der Waals surface area contributed by atoms with Crippen LogP contribution in [0.25, 0.3) is 0 Å². The van der Waals surface area contributed by atoms with Crippen LogP contribution in [0.4, 0.5) is 0 Å². The van der Waals surface area contributed by atoms with Gasteiger partial charge in [-0.25, -0.2) is 9.89 Å². The molecule has 1 fully saturated rings. The van der Waals surface area contributed by atoms with Crippen molar-refractivity contribution in [2.45, 2.75) is 25.7 Å². The lowest BCUT2D eigenvalue weighted by molar-refractivity contribution is 0.0697. The molecule has 1 saturated heterocycles. The van der Waals surface area contributed by atoms with E-state index in [1.54, 1.807) is 17.3 Å². The number of aromatic amines is 2. The Bertz CT molecular complexity index is 669. The number of hydrogen-bond donors (Lipinski definition) is 2. The lowest BCUT2D eigenvalue weighted by Gasteiger charge is -2.31. The molecule has 1 aliphatic heterocycles. The number of aromatic nitrogens is 3. The first kappa shape index (κ1) is 12.7. The van der Waals surface area contributed by atoms with Crippen LogP contribution in [0.2, 0.25) is 0 Å². The number of carbonyl (C=O) groups excluding carboxylic acids is 1. The van der Waals surface area contributed by atoms with Gasteiger partial charge in [0.05, 0.1) is 11.5 Å². The molecule has 0 aromatic carbocycles. The Morgan fingerprint density at radius 2 is 2.35 bits per heavy atom. The molecule has 1 unspecified atom stereocenters. The highest BCUT2D eigenvalue weighted by molar-refractivity contribution is 5.95. The number of aryl methyl sites for hydroxylation is 1. The van der Waals surface area contributed by atoms with E-state index in [0.717, 1.165) is 18.4 Å². The summed E-state index contributed by atoms with van der Waals surface area (Å²) in [4.78, 5) is 28.2. The third kappa shape index (κ3) is 2.26. The molecule has 1 aliphatic rings. The average molecular weight is 276 g/mol. The van der Waals surface area contributed by atoms with Gasteiger partial charge in [-0.1, -0.05) is 0 Å². The van der Waals surface area contributed by atoms with Crippen LogP contribution in [0.5, 0.6) is 0 Å². The SMILES string of the molecule is Cc1c[nH]cc1C(=O)N1CCCC(c2n[nH]c(=O)o2)C1. The van der Waals surface area contributed by atoms with E-state index < -0.39 is 5.76 Å². The molecule has 1 amide bonds. The maximum absolute atomic E-state index is 12.4. The Labute approximate surface area is 115 Å². The number of H-pyrrole nitrogens is 2. The minimum absolute atomic E-state index is 0.00586. The van der Waals surface area contributed by atoms with Crippen molar-refractivity contribution in [3.63, 3.8) is 0 Å². The topological polar surface area (TPSA) is 95.0 Å². The van der Waals surface area contributed by atoms with Gasteiger partial charge in [0.15, 0.2) is 0 Å². The lowest BCUT2D eigenvalue weighted by atomic mass is 9.97. The van der Waals surface area contributed by atoms with E-state index in [9.17, 15) is 9.59 Å². The van der Waals surface area contributed by atoms with E-state index in [0.29, 0.717) is 24.5 Å². The van der Waals surface area contributed by atoms with Crippen LogP contribution >= 0.6 is 0 Å².